The van der Waals surface area contributed by atoms with Gasteiger partial charge >= 0.3 is 0 Å². The zero-order valence-corrected chi connectivity index (χ0v) is 11.2. The van der Waals surface area contributed by atoms with Gasteiger partial charge in [-0.2, -0.15) is 0 Å². The number of benzene rings is 1. The average molecular weight is 246 g/mol. The summed E-state index contributed by atoms with van der Waals surface area (Å²) < 4.78 is 13.0. The van der Waals surface area contributed by atoms with Crippen molar-refractivity contribution in [1.82, 2.24) is 9.55 Å². The minimum atomic E-state index is 0.107. The molecule has 1 aromatic carbocycles. The highest BCUT2D eigenvalue weighted by molar-refractivity contribution is 5.61. The predicted molar refractivity (Wildman–Crippen MR) is 71.0 cm³/mol. The van der Waals surface area contributed by atoms with E-state index in [0.717, 1.165) is 22.9 Å². The van der Waals surface area contributed by atoms with Crippen LogP contribution >= 0.6 is 0 Å². The first-order chi connectivity index (χ1) is 8.61. The number of ether oxygens (including phenoxy) is 2. The maximum Gasteiger partial charge on any atom is 0.162 e. The third-order valence-electron chi connectivity index (χ3n) is 2.61. The Hall–Kier alpha value is -1.97. The molecule has 2 rings (SSSR count). The summed E-state index contributed by atoms with van der Waals surface area (Å²) in [5, 5.41) is 0. The molecule has 0 aliphatic rings. The minimum Gasteiger partial charge on any atom is -0.493 e. The Morgan fingerprint density at radius 1 is 1.22 bits per heavy atom. The Morgan fingerprint density at radius 3 is 2.56 bits per heavy atom. The lowest BCUT2D eigenvalue weighted by molar-refractivity contribution is 0.230. The van der Waals surface area contributed by atoms with Gasteiger partial charge in [0.2, 0.25) is 0 Å². The van der Waals surface area contributed by atoms with Crippen LogP contribution in [0.25, 0.3) is 11.4 Å². The molecular weight excluding hydrogens is 228 g/mol. The van der Waals surface area contributed by atoms with E-state index in [4.69, 9.17) is 9.47 Å². The van der Waals surface area contributed by atoms with Gasteiger partial charge in [-0.05, 0) is 32.0 Å². The van der Waals surface area contributed by atoms with Crippen LogP contribution in [0.4, 0.5) is 0 Å². The highest BCUT2D eigenvalue weighted by Crippen LogP contribution is 2.32. The van der Waals surface area contributed by atoms with Crippen molar-refractivity contribution < 1.29 is 9.47 Å². The topological polar surface area (TPSA) is 36.3 Å². The highest BCUT2D eigenvalue weighted by Gasteiger charge is 2.10. The lowest BCUT2D eigenvalue weighted by atomic mass is 10.2. The van der Waals surface area contributed by atoms with Crippen molar-refractivity contribution in [3.8, 4) is 22.9 Å². The van der Waals surface area contributed by atoms with E-state index in [1.54, 1.807) is 13.3 Å². The third kappa shape index (κ3) is 2.47. The van der Waals surface area contributed by atoms with Gasteiger partial charge in [0.1, 0.15) is 5.82 Å². The molecule has 0 saturated heterocycles. The molecule has 1 aromatic heterocycles. The van der Waals surface area contributed by atoms with Gasteiger partial charge in [0, 0.05) is 25.0 Å². The lowest BCUT2D eigenvalue weighted by Crippen LogP contribution is -2.07. The summed E-state index contributed by atoms with van der Waals surface area (Å²) in [5.41, 5.74) is 1.01. The van der Waals surface area contributed by atoms with Crippen molar-refractivity contribution in [3.05, 3.63) is 30.6 Å². The summed E-state index contributed by atoms with van der Waals surface area (Å²) >= 11 is 0. The molecule has 0 amide bonds. The third-order valence-corrected chi connectivity index (χ3v) is 2.61. The smallest absolute Gasteiger partial charge is 0.162 e. The minimum absolute atomic E-state index is 0.107. The molecule has 0 radical (unpaired) electrons. The van der Waals surface area contributed by atoms with E-state index in [9.17, 15) is 0 Å². The van der Waals surface area contributed by atoms with Gasteiger partial charge in [0.15, 0.2) is 11.5 Å². The summed E-state index contributed by atoms with van der Waals surface area (Å²) in [7, 11) is 3.61. The van der Waals surface area contributed by atoms with E-state index >= 15 is 0 Å². The Balaban J connectivity index is 2.42. The zero-order valence-electron chi connectivity index (χ0n) is 11.2. The van der Waals surface area contributed by atoms with Crippen molar-refractivity contribution in [2.75, 3.05) is 7.11 Å². The number of aromatic nitrogens is 2. The zero-order chi connectivity index (χ0) is 13.1. The number of aryl methyl sites for hydroxylation is 1. The Bertz CT molecular complexity index is 532. The number of imidazole rings is 1. The molecule has 0 aliphatic heterocycles. The fraction of sp³-hybridized carbons (Fsp3) is 0.357. The molecule has 0 saturated carbocycles. The van der Waals surface area contributed by atoms with E-state index in [1.807, 2.05) is 49.9 Å². The van der Waals surface area contributed by atoms with E-state index in [2.05, 4.69) is 4.98 Å². The van der Waals surface area contributed by atoms with Gasteiger partial charge in [-0.1, -0.05) is 0 Å². The largest absolute Gasteiger partial charge is 0.493 e. The number of hydrogen-bond acceptors (Lipinski definition) is 3. The van der Waals surface area contributed by atoms with Crippen molar-refractivity contribution in [3.63, 3.8) is 0 Å². The second-order valence-electron chi connectivity index (χ2n) is 4.39. The SMILES string of the molecule is COc1ccc(-c2nccn2C)cc1OC(C)C. The summed E-state index contributed by atoms with van der Waals surface area (Å²) in [6, 6.07) is 5.84. The van der Waals surface area contributed by atoms with Crippen molar-refractivity contribution in [2.24, 2.45) is 7.05 Å². The van der Waals surface area contributed by atoms with Crippen LogP contribution in [0.15, 0.2) is 30.6 Å². The van der Waals surface area contributed by atoms with E-state index in [1.165, 1.54) is 0 Å². The van der Waals surface area contributed by atoms with Gasteiger partial charge in [-0.15, -0.1) is 0 Å². The van der Waals surface area contributed by atoms with Gasteiger partial charge in [0.05, 0.1) is 13.2 Å². The average Bonchev–Trinajstić information content (AvgIpc) is 2.74. The van der Waals surface area contributed by atoms with Crippen LogP contribution in [0.3, 0.4) is 0 Å². The quantitative estimate of drug-likeness (QED) is 0.832. The van der Waals surface area contributed by atoms with Crippen LogP contribution in [-0.4, -0.2) is 22.8 Å². The van der Waals surface area contributed by atoms with Gasteiger partial charge in [-0.3, -0.25) is 0 Å². The van der Waals surface area contributed by atoms with Gasteiger partial charge < -0.3 is 14.0 Å². The van der Waals surface area contributed by atoms with E-state index < -0.39 is 0 Å². The molecule has 96 valence electrons. The molecule has 2 aromatic rings. The normalized spacial score (nSPS) is 10.7. The molecule has 0 N–H and O–H groups in total. The van der Waals surface area contributed by atoms with E-state index in [-0.39, 0.29) is 6.10 Å². The molecule has 4 nitrogen and oxygen atoms in total. The molecular formula is C14H18N2O2. The maximum absolute atomic E-state index is 5.75. The Labute approximate surface area is 107 Å². The molecule has 4 heteroatoms. The fourth-order valence-corrected chi connectivity index (χ4v) is 1.81. The van der Waals surface area contributed by atoms with Crippen LogP contribution in [0.2, 0.25) is 0 Å². The fourth-order valence-electron chi connectivity index (χ4n) is 1.81. The van der Waals surface area contributed by atoms with Gasteiger partial charge in [0.25, 0.3) is 0 Å². The highest BCUT2D eigenvalue weighted by atomic mass is 16.5. The molecule has 0 fully saturated rings. The summed E-state index contributed by atoms with van der Waals surface area (Å²) in [4.78, 5) is 4.33. The summed E-state index contributed by atoms with van der Waals surface area (Å²) in [6.07, 6.45) is 3.81. The molecule has 0 spiro atoms. The molecule has 0 aliphatic carbocycles. The summed E-state index contributed by atoms with van der Waals surface area (Å²) in [5.74, 6) is 2.39. The van der Waals surface area contributed by atoms with Crippen molar-refractivity contribution in [2.45, 2.75) is 20.0 Å². The molecule has 0 atom stereocenters. The number of nitrogens with zero attached hydrogens (tertiary/aromatic N) is 2. The number of methoxy groups -OCH3 is 1. The lowest BCUT2D eigenvalue weighted by Gasteiger charge is -2.14. The maximum atomic E-state index is 5.75. The summed E-state index contributed by atoms with van der Waals surface area (Å²) in [6.45, 7) is 3.99. The Morgan fingerprint density at radius 2 is 2.00 bits per heavy atom. The first kappa shape index (κ1) is 12.5. The molecule has 0 bridgehead atoms. The first-order valence-corrected chi connectivity index (χ1v) is 5.94. The van der Waals surface area contributed by atoms with E-state index in [0.29, 0.717) is 0 Å². The number of hydrogen-bond donors (Lipinski definition) is 0. The standard InChI is InChI=1S/C14H18N2O2/c1-10(2)18-13-9-11(5-6-12(13)17-4)14-15-7-8-16(14)3/h5-10H,1-4H3. The van der Waals surface area contributed by atoms with Crippen LogP contribution in [0, 0.1) is 0 Å². The van der Waals surface area contributed by atoms with Crippen LogP contribution in [0.5, 0.6) is 11.5 Å². The molecule has 0 unspecified atom stereocenters. The van der Waals surface area contributed by atoms with Crippen LogP contribution in [0.1, 0.15) is 13.8 Å². The van der Waals surface area contributed by atoms with Crippen LogP contribution < -0.4 is 9.47 Å². The van der Waals surface area contributed by atoms with Crippen molar-refractivity contribution >= 4 is 0 Å². The predicted octanol–water partition coefficient (Wildman–Crippen LogP) is 2.88. The monoisotopic (exact) mass is 246 g/mol. The molecule has 18 heavy (non-hydrogen) atoms. The van der Waals surface area contributed by atoms with Gasteiger partial charge in [-0.25, -0.2) is 4.98 Å². The second kappa shape index (κ2) is 5.12. The molecule has 1 heterocycles. The first-order valence-electron chi connectivity index (χ1n) is 5.94. The van der Waals surface area contributed by atoms with Crippen LogP contribution in [-0.2, 0) is 7.05 Å². The number of rotatable bonds is 4. The Kier molecular flexibility index (Phi) is 3.55. The van der Waals surface area contributed by atoms with Crippen molar-refractivity contribution in [1.29, 1.82) is 0 Å². The second-order valence-corrected chi connectivity index (χ2v) is 4.39.